The number of hydrogen-bond donors (Lipinski definition) is 3. The molecule has 1 saturated heterocycles. The van der Waals surface area contributed by atoms with Crippen LogP contribution in [-0.2, 0) is 9.59 Å². The van der Waals surface area contributed by atoms with Gasteiger partial charge < -0.3 is 14.9 Å². The molecule has 0 bridgehead atoms. The van der Waals surface area contributed by atoms with Gasteiger partial charge in [0.2, 0.25) is 11.8 Å². The quantitative estimate of drug-likeness (QED) is 0.517. The maximum Gasteiger partial charge on any atom is 0.247 e. The van der Waals surface area contributed by atoms with Crippen LogP contribution in [0.25, 0.3) is 0 Å². The number of para-hydroxylation sites is 1. The molecule has 2 rings (SSSR count). The van der Waals surface area contributed by atoms with E-state index >= 15 is 0 Å². The molecular weight excluding hydrogens is 300 g/mol. The minimum absolute atomic E-state index is 0.0374. The first-order valence-electron chi connectivity index (χ1n) is 6.84. The molecule has 8 nitrogen and oxygen atoms in total. The van der Waals surface area contributed by atoms with Crippen LogP contribution in [-0.4, -0.2) is 32.2 Å². The summed E-state index contributed by atoms with van der Waals surface area (Å²) >= 11 is 0. The number of carbonyl (C=O) groups is 2. The van der Waals surface area contributed by atoms with Crippen molar-refractivity contribution in [3.8, 4) is 11.5 Å². The van der Waals surface area contributed by atoms with Gasteiger partial charge in [0, 0.05) is 17.7 Å². The average molecular weight is 318 g/mol. The molecule has 1 heterocycles. The van der Waals surface area contributed by atoms with Crippen molar-refractivity contribution in [1.82, 2.24) is 16.3 Å². The van der Waals surface area contributed by atoms with E-state index in [1.165, 1.54) is 20.4 Å². The molecule has 2 amide bonds. The average Bonchev–Trinajstić information content (AvgIpc) is 2.86. The third-order valence-corrected chi connectivity index (χ3v) is 3.30. The number of ether oxygens (including phenoxy) is 2. The molecule has 1 unspecified atom stereocenters. The number of rotatable bonds is 6. The van der Waals surface area contributed by atoms with E-state index in [9.17, 15) is 9.59 Å². The number of nitrogens with one attached hydrogen (secondary N) is 3. The highest BCUT2D eigenvalue weighted by molar-refractivity contribution is 5.90. The van der Waals surface area contributed by atoms with Gasteiger partial charge in [-0.05, 0) is 12.1 Å². The van der Waals surface area contributed by atoms with E-state index in [1.807, 2.05) is 0 Å². The Morgan fingerprint density at radius 3 is 2.78 bits per heavy atom. The van der Waals surface area contributed by atoms with Crippen molar-refractivity contribution in [2.45, 2.75) is 6.42 Å². The number of nitrogens with zero attached hydrogens (tertiary/aromatic N) is 1. The van der Waals surface area contributed by atoms with Crippen LogP contribution in [0.5, 0.6) is 11.5 Å². The molecule has 1 aromatic rings. The summed E-state index contributed by atoms with van der Waals surface area (Å²) < 4.78 is 10.4. The van der Waals surface area contributed by atoms with Crippen molar-refractivity contribution in [2.75, 3.05) is 14.2 Å². The highest BCUT2D eigenvalue weighted by atomic mass is 16.5. The number of methoxy groups -OCH3 is 2. The van der Waals surface area contributed by atoms with Crippen LogP contribution in [0.4, 0.5) is 0 Å². The molecule has 0 radical (unpaired) electrons. The zero-order chi connectivity index (χ0) is 16.8. The smallest absolute Gasteiger partial charge is 0.247 e. The summed E-state index contributed by atoms with van der Waals surface area (Å²) in [6.45, 7) is 3.67. The molecule has 1 aliphatic heterocycles. The van der Waals surface area contributed by atoms with Gasteiger partial charge in [-0.2, -0.15) is 5.10 Å². The summed E-state index contributed by atoms with van der Waals surface area (Å²) in [5.74, 6) is -0.207. The van der Waals surface area contributed by atoms with Gasteiger partial charge in [0.25, 0.3) is 0 Å². The highest BCUT2D eigenvalue weighted by Crippen LogP contribution is 2.29. The second kappa shape index (κ2) is 7.30. The largest absolute Gasteiger partial charge is 0.493 e. The molecular formula is C15H18N4O4. The van der Waals surface area contributed by atoms with Gasteiger partial charge in [0.15, 0.2) is 11.5 Å². The first kappa shape index (κ1) is 16.3. The van der Waals surface area contributed by atoms with Crippen molar-refractivity contribution < 1.29 is 19.1 Å². The molecule has 0 aliphatic carbocycles. The monoisotopic (exact) mass is 318 g/mol. The molecule has 23 heavy (non-hydrogen) atoms. The Morgan fingerprint density at radius 2 is 2.17 bits per heavy atom. The van der Waals surface area contributed by atoms with Crippen LogP contribution in [0, 0.1) is 5.92 Å². The molecule has 122 valence electrons. The predicted octanol–water partition coefficient (Wildman–Crippen LogP) is 0.308. The van der Waals surface area contributed by atoms with Gasteiger partial charge in [-0.3, -0.25) is 15.0 Å². The van der Waals surface area contributed by atoms with Crippen LogP contribution < -0.4 is 25.8 Å². The van der Waals surface area contributed by atoms with Crippen molar-refractivity contribution in [2.24, 2.45) is 11.0 Å². The van der Waals surface area contributed by atoms with Gasteiger partial charge >= 0.3 is 0 Å². The maximum atomic E-state index is 11.8. The Kier molecular flexibility index (Phi) is 5.19. The lowest BCUT2D eigenvalue weighted by Crippen LogP contribution is -2.27. The molecule has 8 heteroatoms. The number of amides is 2. The van der Waals surface area contributed by atoms with Crippen LogP contribution >= 0.6 is 0 Å². The van der Waals surface area contributed by atoms with E-state index in [2.05, 4.69) is 28.0 Å². The van der Waals surface area contributed by atoms with Gasteiger partial charge in [0.1, 0.15) is 0 Å². The fourth-order valence-corrected chi connectivity index (χ4v) is 2.11. The second-order valence-corrected chi connectivity index (χ2v) is 4.77. The summed E-state index contributed by atoms with van der Waals surface area (Å²) in [6.07, 6.45) is 1.41. The Labute approximate surface area is 133 Å². The van der Waals surface area contributed by atoms with E-state index in [4.69, 9.17) is 9.47 Å². The molecule has 0 saturated carbocycles. The van der Waals surface area contributed by atoms with Crippen molar-refractivity contribution in [3.63, 3.8) is 0 Å². The zero-order valence-corrected chi connectivity index (χ0v) is 12.9. The van der Waals surface area contributed by atoms with Crippen LogP contribution in [0.3, 0.4) is 0 Å². The SMILES string of the molecule is C=C1NNC(=O)C1CC(=O)NN=Cc1cccc(OC)c1OC. The van der Waals surface area contributed by atoms with Crippen LogP contribution in [0.2, 0.25) is 0 Å². The molecule has 0 spiro atoms. The topological polar surface area (TPSA) is 101 Å². The second-order valence-electron chi connectivity index (χ2n) is 4.77. The number of benzene rings is 1. The summed E-state index contributed by atoms with van der Waals surface area (Å²) in [6, 6.07) is 5.31. The highest BCUT2D eigenvalue weighted by Gasteiger charge is 2.29. The van der Waals surface area contributed by atoms with Crippen molar-refractivity contribution in [1.29, 1.82) is 0 Å². The van der Waals surface area contributed by atoms with Gasteiger partial charge in [-0.15, -0.1) is 0 Å². The molecule has 1 aromatic carbocycles. The van der Waals surface area contributed by atoms with E-state index in [-0.39, 0.29) is 12.3 Å². The Balaban J connectivity index is 1.98. The Hall–Kier alpha value is -3.03. The number of carbonyl (C=O) groups excluding carboxylic acids is 2. The molecule has 1 fully saturated rings. The normalized spacial score (nSPS) is 16.9. The fourth-order valence-electron chi connectivity index (χ4n) is 2.11. The maximum absolute atomic E-state index is 11.8. The fraction of sp³-hybridized carbons (Fsp3) is 0.267. The summed E-state index contributed by atoms with van der Waals surface area (Å²) in [5, 5.41) is 3.88. The van der Waals surface area contributed by atoms with E-state index < -0.39 is 11.8 Å². The summed E-state index contributed by atoms with van der Waals surface area (Å²) in [4.78, 5) is 23.3. The minimum atomic E-state index is -0.600. The first-order chi connectivity index (χ1) is 11.1. The van der Waals surface area contributed by atoms with Gasteiger partial charge in [0.05, 0.1) is 26.4 Å². The lowest BCUT2D eigenvalue weighted by Gasteiger charge is -2.09. The van der Waals surface area contributed by atoms with Gasteiger partial charge in [-0.25, -0.2) is 5.43 Å². The zero-order valence-electron chi connectivity index (χ0n) is 12.9. The number of hydrazone groups is 1. The lowest BCUT2D eigenvalue weighted by atomic mass is 10.0. The van der Waals surface area contributed by atoms with Crippen molar-refractivity contribution in [3.05, 3.63) is 36.0 Å². The minimum Gasteiger partial charge on any atom is -0.493 e. The lowest BCUT2D eigenvalue weighted by molar-refractivity contribution is -0.127. The molecule has 1 aliphatic rings. The Bertz CT molecular complexity index is 641. The Morgan fingerprint density at radius 1 is 1.39 bits per heavy atom. The van der Waals surface area contributed by atoms with E-state index in [1.54, 1.807) is 18.2 Å². The number of hydrogen-bond acceptors (Lipinski definition) is 6. The standard InChI is InChI=1S/C15H18N4O4/c1-9-11(15(21)19-17-9)7-13(20)18-16-8-10-5-4-6-12(22-2)14(10)23-3/h4-6,8,11,17H,1,7H2,2-3H3,(H,18,20)(H,19,21). The van der Waals surface area contributed by atoms with E-state index in [0.29, 0.717) is 22.8 Å². The molecule has 3 N–H and O–H groups in total. The van der Waals surface area contributed by atoms with Crippen molar-refractivity contribution >= 4 is 18.0 Å². The van der Waals surface area contributed by atoms with Gasteiger partial charge in [-0.1, -0.05) is 12.6 Å². The third kappa shape index (κ3) is 3.79. The summed E-state index contributed by atoms with van der Waals surface area (Å²) in [7, 11) is 3.05. The number of hydrazine groups is 1. The summed E-state index contributed by atoms with van der Waals surface area (Å²) in [5.41, 5.74) is 8.47. The molecule has 0 aromatic heterocycles. The molecule has 1 atom stereocenters. The first-order valence-corrected chi connectivity index (χ1v) is 6.84. The van der Waals surface area contributed by atoms with E-state index in [0.717, 1.165) is 0 Å². The third-order valence-electron chi connectivity index (χ3n) is 3.30. The van der Waals surface area contributed by atoms with Crippen LogP contribution in [0.15, 0.2) is 35.6 Å². The predicted molar refractivity (Wildman–Crippen MR) is 83.8 cm³/mol. The van der Waals surface area contributed by atoms with Crippen LogP contribution in [0.1, 0.15) is 12.0 Å².